The summed E-state index contributed by atoms with van der Waals surface area (Å²) in [5.74, 6) is 0.912. The highest BCUT2D eigenvalue weighted by atomic mass is 127. The maximum Gasteiger partial charge on any atom is 0.132 e. The maximum atomic E-state index is 5.56. The number of ether oxygens (including phenoxy) is 1. The number of hydrogen-bond acceptors (Lipinski definition) is 2. The Kier molecular flexibility index (Phi) is 3.81. The molecule has 0 aromatic heterocycles. The predicted octanol–water partition coefficient (Wildman–Crippen LogP) is 2.02. The van der Waals surface area contributed by atoms with Crippen LogP contribution < -0.4 is 10.5 Å². The minimum atomic E-state index is 0.0843. The third kappa shape index (κ3) is 2.98. The first kappa shape index (κ1) is 9.80. The van der Waals surface area contributed by atoms with Crippen molar-refractivity contribution in [2.45, 2.75) is 13.0 Å². The van der Waals surface area contributed by atoms with Crippen LogP contribution in [0.5, 0.6) is 5.75 Å². The molecular formula is C9H12INO. The molecule has 12 heavy (non-hydrogen) atoms. The molecule has 1 unspecified atom stereocenters. The van der Waals surface area contributed by atoms with Crippen molar-refractivity contribution in [2.24, 2.45) is 5.73 Å². The second-order valence-electron chi connectivity index (χ2n) is 2.72. The van der Waals surface area contributed by atoms with Gasteiger partial charge in [-0.15, -0.1) is 0 Å². The fourth-order valence-corrected chi connectivity index (χ4v) is 1.33. The Labute approximate surface area is 86.2 Å². The smallest absolute Gasteiger partial charge is 0.132 e. The van der Waals surface area contributed by atoms with Crippen molar-refractivity contribution in [1.82, 2.24) is 0 Å². The van der Waals surface area contributed by atoms with Gasteiger partial charge in [-0.25, -0.2) is 0 Å². The molecule has 0 aliphatic carbocycles. The molecule has 0 saturated carbocycles. The monoisotopic (exact) mass is 277 g/mol. The molecular weight excluding hydrogens is 265 g/mol. The first-order valence-electron chi connectivity index (χ1n) is 3.83. The van der Waals surface area contributed by atoms with Crippen LogP contribution in [0.4, 0.5) is 0 Å². The Hall–Kier alpha value is -0.290. The molecule has 1 aromatic carbocycles. The van der Waals surface area contributed by atoms with E-state index < -0.39 is 0 Å². The summed E-state index contributed by atoms with van der Waals surface area (Å²) in [6, 6.07) is 7.99. The molecule has 0 heterocycles. The van der Waals surface area contributed by atoms with E-state index in [1.54, 1.807) is 0 Å². The van der Waals surface area contributed by atoms with Crippen LogP contribution in [0.15, 0.2) is 24.3 Å². The van der Waals surface area contributed by atoms with Crippen molar-refractivity contribution in [2.75, 3.05) is 6.61 Å². The largest absolute Gasteiger partial charge is 0.491 e. The summed E-state index contributed by atoms with van der Waals surface area (Å²) in [4.78, 5) is 0. The molecule has 1 rings (SSSR count). The van der Waals surface area contributed by atoms with Gasteiger partial charge in [0.1, 0.15) is 12.4 Å². The van der Waals surface area contributed by atoms with Gasteiger partial charge in [0.05, 0.1) is 3.57 Å². The van der Waals surface area contributed by atoms with Gasteiger partial charge in [0, 0.05) is 6.04 Å². The van der Waals surface area contributed by atoms with Crippen LogP contribution in [0.25, 0.3) is 0 Å². The average molecular weight is 277 g/mol. The van der Waals surface area contributed by atoms with Crippen LogP contribution >= 0.6 is 22.6 Å². The molecule has 0 aliphatic rings. The number of benzene rings is 1. The van der Waals surface area contributed by atoms with Crippen molar-refractivity contribution >= 4 is 22.6 Å². The molecule has 3 heteroatoms. The lowest BCUT2D eigenvalue weighted by Gasteiger charge is -2.09. The highest BCUT2D eigenvalue weighted by Gasteiger charge is 1.99. The van der Waals surface area contributed by atoms with E-state index in [2.05, 4.69) is 22.6 Å². The van der Waals surface area contributed by atoms with Gasteiger partial charge in [0.25, 0.3) is 0 Å². The Bertz CT molecular complexity index is 250. The minimum Gasteiger partial charge on any atom is -0.491 e. The van der Waals surface area contributed by atoms with Gasteiger partial charge in [0.15, 0.2) is 0 Å². The molecule has 1 atom stereocenters. The fourth-order valence-electron chi connectivity index (χ4n) is 0.783. The van der Waals surface area contributed by atoms with Gasteiger partial charge in [-0.3, -0.25) is 0 Å². The van der Waals surface area contributed by atoms with Gasteiger partial charge >= 0.3 is 0 Å². The summed E-state index contributed by atoms with van der Waals surface area (Å²) in [6.07, 6.45) is 0. The molecule has 1 aromatic rings. The van der Waals surface area contributed by atoms with Crippen LogP contribution in [-0.4, -0.2) is 12.6 Å². The van der Waals surface area contributed by atoms with Gasteiger partial charge in [-0.2, -0.15) is 0 Å². The first-order valence-corrected chi connectivity index (χ1v) is 4.91. The lowest BCUT2D eigenvalue weighted by Crippen LogP contribution is -2.23. The van der Waals surface area contributed by atoms with Crippen molar-refractivity contribution in [3.05, 3.63) is 27.8 Å². The van der Waals surface area contributed by atoms with E-state index in [1.165, 1.54) is 0 Å². The highest BCUT2D eigenvalue weighted by molar-refractivity contribution is 14.1. The summed E-state index contributed by atoms with van der Waals surface area (Å²) in [5, 5.41) is 0. The zero-order valence-electron chi connectivity index (χ0n) is 6.96. The third-order valence-electron chi connectivity index (χ3n) is 1.34. The van der Waals surface area contributed by atoms with Gasteiger partial charge < -0.3 is 10.5 Å². The van der Waals surface area contributed by atoms with Crippen LogP contribution in [0, 0.1) is 3.57 Å². The van der Waals surface area contributed by atoms with Gasteiger partial charge in [-0.05, 0) is 41.6 Å². The van der Waals surface area contributed by atoms with Crippen molar-refractivity contribution < 1.29 is 4.74 Å². The van der Waals surface area contributed by atoms with Crippen LogP contribution in [0.1, 0.15) is 6.92 Å². The number of rotatable bonds is 3. The molecule has 0 radical (unpaired) electrons. The Morgan fingerprint density at radius 1 is 1.50 bits per heavy atom. The normalized spacial score (nSPS) is 12.6. The van der Waals surface area contributed by atoms with E-state index in [1.807, 2.05) is 31.2 Å². The minimum absolute atomic E-state index is 0.0843. The van der Waals surface area contributed by atoms with Crippen molar-refractivity contribution in [3.8, 4) is 5.75 Å². The summed E-state index contributed by atoms with van der Waals surface area (Å²) in [5.41, 5.74) is 5.56. The highest BCUT2D eigenvalue weighted by Crippen LogP contribution is 2.19. The van der Waals surface area contributed by atoms with Gasteiger partial charge in [0.2, 0.25) is 0 Å². The van der Waals surface area contributed by atoms with Crippen molar-refractivity contribution in [3.63, 3.8) is 0 Å². The third-order valence-corrected chi connectivity index (χ3v) is 2.23. The van der Waals surface area contributed by atoms with E-state index in [0.717, 1.165) is 9.32 Å². The number of halogens is 1. The number of para-hydroxylation sites is 1. The molecule has 2 N–H and O–H groups in total. The Balaban J connectivity index is 2.57. The van der Waals surface area contributed by atoms with Crippen LogP contribution in [-0.2, 0) is 0 Å². The second kappa shape index (κ2) is 4.67. The standard InChI is InChI=1S/C9H12INO/c1-7(11)6-12-9-5-3-2-4-8(9)10/h2-5,7H,6,11H2,1H3. The number of hydrogen-bond donors (Lipinski definition) is 1. The van der Waals surface area contributed by atoms with E-state index in [0.29, 0.717) is 6.61 Å². The van der Waals surface area contributed by atoms with E-state index in [4.69, 9.17) is 10.5 Å². The fraction of sp³-hybridized carbons (Fsp3) is 0.333. The molecule has 2 nitrogen and oxygen atoms in total. The quantitative estimate of drug-likeness (QED) is 0.858. The SMILES string of the molecule is CC(N)COc1ccccc1I. The lowest BCUT2D eigenvalue weighted by molar-refractivity contribution is 0.294. The van der Waals surface area contributed by atoms with Gasteiger partial charge in [-0.1, -0.05) is 12.1 Å². The predicted molar refractivity (Wildman–Crippen MR) is 58.3 cm³/mol. The van der Waals surface area contributed by atoms with E-state index in [9.17, 15) is 0 Å². The summed E-state index contributed by atoms with van der Waals surface area (Å²) < 4.78 is 6.59. The molecule has 66 valence electrons. The summed E-state index contributed by atoms with van der Waals surface area (Å²) >= 11 is 2.24. The summed E-state index contributed by atoms with van der Waals surface area (Å²) in [7, 11) is 0. The average Bonchev–Trinajstić information content (AvgIpc) is 2.03. The molecule has 0 amide bonds. The molecule has 0 bridgehead atoms. The van der Waals surface area contributed by atoms with Crippen LogP contribution in [0.3, 0.4) is 0 Å². The zero-order valence-corrected chi connectivity index (χ0v) is 9.11. The van der Waals surface area contributed by atoms with Crippen LogP contribution in [0.2, 0.25) is 0 Å². The summed E-state index contributed by atoms with van der Waals surface area (Å²) in [6.45, 7) is 2.50. The number of nitrogens with two attached hydrogens (primary N) is 1. The van der Waals surface area contributed by atoms with E-state index >= 15 is 0 Å². The lowest BCUT2D eigenvalue weighted by atomic mass is 10.3. The molecule has 0 fully saturated rings. The maximum absolute atomic E-state index is 5.56. The molecule has 0 saturated heterocycles. The second-order valence-corrected chi connectivity index (χ2v) is 3.88. The first-order chi connectivity index (χ1) is 5.70. The Morgan fingerprint density at radius 2 is 2.17 bits per heavy atom. The van der Waals surface area contributed by atoms with Crippen molar-refractivity contribution in [1.29, 1.82) is 0 Å². The van der Waals surface area contributed by atoms with E-state index in [-0.39, 0.29) is 6.04 Å². The molecule has 0 aliphatic heterocycles. The molecule has 0 spiro atoms. The topological polar surface area (TPSA) is 35.2 Å². The Morgan fingerprint density at radius 3 is 2.75 bits per heavy atom. The zero-order chi connectivity index (χ0) is 8.97.